The minimum Gasteiger partial charge on any atom is -0.476 e. The molecule has 2 aromatic rings. The van der Waals surface area contributed by atoms with Crippen molar-refractivity contribution in [1.29, 1.82) is 0 Å². The van der Waals surface area contributed by atoms with E-state index >= 15 is 0 Å². The predicted molar refractivity (Wildman–Crippen MR) is 70.2 cm³/mol. The second-order valence-electron chi connectivity index (χ2n) is 3.48. The number of aromatic nitrogens is 1. The van der Waals surface area contributed by atoms with E-state index in [4.69, 9.17) is 4.74 Å². The first-order valence-corrected chi connectivity index (χ1v) is 6.70. The minimum absolute atomic E-state index is 0.662. The molecule has 0 saturated carbocycles. The number of nitrogens with zero attached hydrogens (tertiary/aromatic N) is 1. The third-order valence-electron chi connectivity index (χ3n) is 2.11. The number of pyridine rings is 1. The standard InChI is InChI=1S/C12H12BrNOS/c1-9-7-11(13)12(14-8-9)15-5-4-10-3-2-6-16-10/h2-3,6-8H,4-5H2,1H3. The molecule has 2 aromatic heterocycles. The zero-order valence-corrected chi connectivity index (χ0v) is 11.3. The molecule has 2 nitrogen and oxygen atoms in total. The first-order chi connectivity index (χ1) is 7.75. The van der Waals surface area contributed by atoms with Crippen molar-refractivity contribution in [3.8, 4) is 5.88 Å². The molecule has 84 valence electrons. The molecule has 2 heterocycles. The van der Waals surface area contributed by atoms with Crippen LogP contribution in [0.25, 0.3) is 0 Å². The van der Waals surface area contributed by atoms with Crippen molar-refractivity contribution < 1.29 is 4.74 Å². The summed E-state index contributed by atoms with van der Waals surface area (Å²) in [5.74, 6) is 0.669. The molecule has 0 aliphatic rings. The van der Waals surface area contributed by atoms with Crippen LogP contribution in [0.1, 0.15) is 10.4 Å². The van der Waals surface area contributed by atoms with Gasteiger partial charge in [-0.05, 0) is 45.9 Å². The summed E-state index contributed by atoms with van der Waals surface area (Å²) in [7, 11) is 0. The van der Waals surface area contributed by atoms with E-state index in [9.17, 15) is 0 Å². The zero-order valence-electron chi connectivity index (χ0n) is 8.94. The average Bonchev–Trinajstić information content (AvgIpc) is 2.74. The Bertz CT molecular complexity index is 456. The van der Waals surface area contributed by atoms with Crippen molar-refractivity contribution in [2.24, 2.45) is 0 Å². The number of hydrogen-bond acceptors (Lipinski definition) is 3. The zero-order chi connectivity index (χ0) is 11.4. The van der Waals surface area contributed by atoms with Gasteiger partial charge in [0.15, 0.2) is 0 Å². The molecule has 0 atom stereocenters. The Morgan fingerprint density at radius 1 is 1.50 bits per heavy atom. The largest absolute Gasteiger partial charge is 0.476 e. The van der Waals surface area contributed by atoms with E-state index in [0.717, 1.165) is 16.5 Å². The summed E-state index contributed by atoms with van der Waals surface area (Å²) in [5.41, 5.74) is 1.12. The Morgan fingerprint density at radius 2 is 2.38 bits per heavy atom. The molecule has 0 aliphatic carbocycles. The molecular weight excluding hydrogens is 286 g/mol. The van der Waals surface area contributed by atoms with Gasteiger partial charge in [-0.15, -0.1) is 11.3 Å². The Kier molecular flexibility index (Phi) is 3.96. The molecule has 0 aromatic carbocycles. The summed E-state index contributed by atoms with van der Waals surface area (Å²) in [4.78, 5) is 5.57. The van der Waals surface area contributed by atoms with Crippen LogP contribution in [0.5, 0.6) is 5.88 Å². The number of aryl methyl sites for hydroxylation is 1. The highest BCUT2D eigenvalue weighted by molar-refractivity contribution is 9.10. The maximum absolute atomic E-state index is 5.61. The predicted octanol–water partition coefficient (Wildman–Crippen LogP) is 3.84. The number of halogens is 1. The lowest BCUT2D eigenvalue weighted by molar-refractivity contribution is 0.308. The fourth-order valence-electron chi connectivity index (χ4n) is 1.33. The van der Waals surface area contributed by atoms with Crippen molar-refractivity contribution in [3.63, 3.8) is 0 Å². The molecule has 0 aliphatic heterocycles. The van der Waals surface area contributed by atoms with Crippen LogP contribution in [0.3, 0.4) is 0 Å². The quantitative estimate of drug-likeness (QED) is 0.855. The van der Waals surface area contributed by atoms with Crippen LogP contribution in [-0.4, -0.2) is 11.6 Å². The maximum atomic E-state index is 5.61. The van der Waals surface area contributed by atoms with Gasteiger partial charge in [0.2, 0.25) is 5.88 Å². The topological polar surface area (TPSA) is 22.1 Å². The van der Waals surface area contributed by atoms with E-state index in [-0.39, 0.29) is 0 Å². The van der Waals surface area contributed by atoms with E-state index in [0.29, 0.717) is 12.5 Å². The number of hydrogen-bond donors (Lipinski definition) is 0. The lowest BCUT2D eigenvalue weighted by Gasteiger charge is -2.06. The first-order valence-electron chi connectivity index (χ1n) is 5.03. The van der Waals surface area contributed by atoms with E-state index in [1.807, 2.05) is 19.2 Å². The van der Waals surface area contributed by atoms with Crippen LogP contribution in [-0.2, 0) is 6.42 Å². The number of ether oxygens (including phenoxy) is 1. The summed E-state index contributed by atoms with van der Waals surface area (Å²) in [5, 5.41) is 2.08. The third kappa shape index (κ3) is 3.06. The molecule has 0 unspecified atom stereocenters. The van der Waals surface area contributed by atoms with E-state index in [1.54, 1.807) is 11.3 Å². The molecule has 0 N–H and O–H groups in total. The summed E-state index contributed by atoms with van der Waals surface area (Å²) in [6.07, 6.45) is 2.74. The third-order valence-corrected chi connectivity index (χ3v) is 3.62. The molecule has 0 amide bonds. The summed E-state index contributed by atoms with van der Waals surface area (Å²) < 4.78 is 6.53. The van der Waals surface area contributed by atoms with Crippen LogP contribution >= 0.6 is 27.3 Å². The molecule has 2 rings (SSSR count). The van der Waals surface area contributed by atoms with Crippen molar-refractivity contribution in [2.45, 2.75) is 13.3 Å². The second kappa shape index (κ2) is 5.46. The van der Waals surface area contributed by atoms with Crippen LogP contribution in [0.2, 0.25) is 0 Å². The van der Waals surface area contributed by atoms with Gasteiger partial charge in [0.1, 0.15) is 0 Å². The lowest BCUT2D eigenvalue weighted by atomic mass is 10.3. The Balaban J connectivity index is 1.90. The van der Waals surface area contributed by atoms with Gasteiger partial charge in [0, 0.05) is 17.5 Å². The highest BCUT2D eigenvalue weighted by Crippen LogP contribution is 2.23. The van der Waals surface area contributed by atoms with Gasteiger partial charge in [-0.3, -0.25) is 0 Å². The minimum atomic E-state index is 0.662. The molecule has 0 saturated heterocycles. The van der Waals surface area contributed by atoms with Crippen LogP contribution in [0.15, 0.2) is 34.2 Å². The summed E-state index contributed by atoms with van der Waals surface area (Å²) in [6.45, 7) is 2.67. The Morgan fingerprint density at radius 3 is 3.06 bits per heavy atom. The number of thiophene rings is 1. The van der Waals surface area contributed by atoms with E-state index < -0.39 is 0 Å². The van der Waals surface area contributed by atoms with Crippen LogP contribution < -0.4 is 4.74 Å². The Hall–Kier alpha value is -0.870. The Labute approximate surface area is 107 Å². The average molecular weight is 298 g/mol. The van der Waals surface area contributed by atoms with Gasteiger partial charge in [0.25, 0.3) is 0 Å². The van der Waals surface area contributed by atoms with Gasteiger partial charge in [-0.2, -0.15) is 0 Å². The smallest absolute Gasteiger partial charge is 0.227 e. The molecule has 4 heteroatoms. The monoisotopic (exact) mass is 297 g/mol. The van der Waals surface area contributed by atoms with Crippen molar-refractivity contribution in [1.82, 2.24) is 4.98 Å². The van der Waals surface area contributed by atoms with Crippen molar-refractivity contribution in [2.75, 3.05) is 6.61 Å². The highest BCUT2D eigenvalue weighted by atomic mass is 79.9. The lowest BCUT2D eigenvalue weighted by Crippen LogP contribution is -2.02. The summed E-state index contributed by atoms with van der Waals surface area (Å²) in [6, 6.07) is 6.18. The molecule has 0 fully saturated rings. The fourth-order valence-corrected chi connectivity index (χ4v) is 2.60. The van der Waals surface area contributed by atoms with Gasteiger partial charge >= 0.3 is 0 Å². The highest BCUT2D eigenvalue weighted by Gasteiger charge is 2.03. The van der Waals surface area contributed by atoms with Crippen LogP contribution in [0.4, 0.5) is 0 Å². The van der Waals surface area contributed by atoms with Crippen LogP contribution in [0, 0.1) is 6.92 Å². The maximum Gasteiger partial charge on any atom is 0.227 e. The SMILES string of the molecule is Cc1cnc(OCCc2cccs2)c(Br)c1. The van der Waals surface area contributed by atoms with Gasteiger partial charge in [-0.25, -0.2) is 4.98 Å². The molecule has 16 heavy (non-hydrogen) atoms. The second-order valence-corrected chi connectivity index (χ2v) is 5.36. The van der Waals surface area contributed by atoms with E-state index in [2.05, 4.69) is 38.4 Å². The van der Waals surface area contributed by atoms with Gasteiger partial charge < -0.3 is 4.74 Å². The molecule has 0 bridgehead atoms. The van der Waals surface area contributed by atoms with Gasteiger partial charge in [0.05, 0.1) is 11.1 Å². The fraction of sp³-hybridized carbons (Fsp3) is 0.250. The first kappa shape index (κ1) is 11.6. The number of rotatable bonds is 4. The molecule has 0 radical (unpaired) electrons. The normalized spacial score (nSPS) is 10.4. The molecule has 0 spiro atoms. The summed E-state index contributed by atoms with van der Waals surface area (Å²) >= 11 is 5.19. The molecular formula is C12H12BrNOS. The van der Waals surface area contributed by atoms with E-state index in [1.165, 1.54) is 4.88 Å². The van der Waals surface area contributed by atoms with Crippen molar-refractivity contribution in [3.05, 3.63) is 44.7 Å². The van der Waals surface area contributed by atoms with Crippen molar-refractivity contribution >= 4 is 27.3 Å². The van der Waals surface area contributed by atoms with Gasteiger partial charge in [-0.1, -0.05) is 6.07 Å².